The number of hydrogen-bond acceptors (Lipinski definition) is 4. The van der Waals surface area contributed by atoms with Gasteiger partial charge in [0.05, 0.1) is 19.3 Å². The number of rotatable bonds is 6. The summed E-state index contributed by atoms with van der Waals surface area (Å²) in [6.45, 7) is -2.95. The van der Waals surface area contributed by atoms with Gasteiger partial charge in [-0.05, 0) is 49.1 Å². The van der Waals surface area contributed by atoms with Gasteiger partial charge in [-0.2, -0.15) is 8.78 Å². The van der Waals surface area contributed by atoms with Gasteiger partial charge in [-0.1, -0.05) is 37.1 Å². The molecule has 7 heteroatoms. The molecule has 1 saturated carbocycles. The van der Waals surface area contributed by atoms with E-state index >= 15 is 0 Å². The molecular formula is C24H27F2NO4. The molecule has 4 rings (SSSR count). The maximum absolute atomic E-state index is 12.8. The van der Waals surface area contributed by atoms with Crippen LogP contribution in [0.2, 0.25) is 0 Å². The number of fused-ring (bicyclic) bond motifs is 1. The summed E-state index contributed by atoms with van der Waals surface area (Å²) in [4.78, 5) is 12.8. The third-order valence-electron chi connectivity index (χ3n) is 6.21. The summed E-state index contributed by atoms with van der Waals surface area (Å²) in [5, 5.41) is 3.21. The zero-order valence-electron chi connectivity index (χ0n) is 17.4. The van der Waals surface area contributed by atoms with Gasteiger partial charge in [0, 0.05) is 17.5 Å². The first-order valence-corrected chi connectivity index (χ1v) is 10.7. The van der Waals surface area contributed by atoms with Crippen molar-refractivity contribution in [3.8, 4) is 11.5 Å². The molecule has 0 spiro atoms. The highest BCUT2D eigenvalue weighted by Gasteiger charge is 2.41. The van der Waals surface area contributed by atoms with E-state index in [1.54, 1.807) is 30.3 Å². The Morgan fingerprint density at radius 1 is 1.10 bits per heavy atom. The van der Waals surface area contributed by atoms with E-state index in [-0.39, 0.29) is 41.6 Å². The molecule has 31 heavy (non-hydrogen) atoms. The molecule has 5 nitrogen and oxygen atoms in total. The van der Waals surface area contributed by atoms with Crippen LogP contribution in [0.1, 0.15) is 54.1 Å². The lowest BCUT2D eigenvalue weighted by atomic mass is 9.76. The lowest BCUT2D eigenvalue weighted by molar-refractivity contribution is -0.113. The van der Waals surface area contributed by atoms with E-state index in [0.29, 0.717) is 12.0 Å². The van der Waals surface area contributed by atoms with E-state index < -0.39 is 6.61 Å². The smallest absolute Gasteiger partial charge is 0.387 e. The minimum Gasteiger partial charge on any atom is -0.493 e. The van der Waals surface area contributed by atoms with Gasteiger partial charge in [-0.15, -0.1) is 0 Å². The number of hydrogen-bond donors (Lipinski definition) is 1. The summed E-state index contributed by atoms with van der Waals surface area (Å²) in [5.41, 5.74) is 1.36. The summed E-state index contributed by atoms with van der Waals surface area (Å²) in [6.07, 6.45) is 4.38. The number of carbonyl (C=O) groups is 1. The molecule has 1 saturated heterocycles. The lowest BCUT2D eigenvalue weighted by Gasteiger charge is -2.45. The molecule has 1 N–H and O–H groups in total. The second-order valence-corrected chi connectivity index (χ2v) is 8.08. The molecule has 0 unspecified atom stereocenters. The highest BCUT2D eigenvalue weighted by Crippen LogP contribution is 2.43. The van der Waals surface area contributed by atoms with Gasteiger partial charge in [0.2, 0.25) is 0 Å². The van der Waals surface area contributed by atoms with E-state index in [4.69, 9.17) is 9.47 Å². The zero-order chi connectivity index (χ0) is 21.8. The predicted octanol–water partition coefficient (Wildman–Crippen LogP) is 5.12. The quantitative estimate of drug-likeness (QED) is 0.690. The predicted molar refractivity (Wildman–Crippen MR) is 112 cm³/mol. The summed E-state index contributed by atoms with van der Waals surface area (Å²) in [5.74, 6) is 0.360. The highest BCUT2D eigenvalue weighted by molar-refractivity contribution is 5.94. The molecular weight excluding hydrogens is 404 g/mol. The Balaban J connectivity index is 1.57. The molecule has 2 aromatic carbocycles. The Kier molecular flexibility index (Phi) is 6.70. The van der Waals surface area contributed by atoms with Gasteiger partial charge < -0.3 is 19.5 Å². The fourth-order valence-electron chi connectivity index (χ4n) is 4.73. The fraction of sp³-hybridized carbons (Fsp3) is 0.458. The number of amides is 1. The van der Waals surface area contributed by atoms with Crippen molar-refractivity contribution in [1.29, 1.82) is 0 Å². The minimum absolute atomic E-state index is 0.0192. The van der Waals surface area contributed by atoms with Crippen LogP contribution in [0.15, 0.2) is 48.5 Å². The van der Waals surface area contributed by atoms with Crippen molar-refractivity contribution >= 4 is 5.91 Å². The van der Waals surface area contributed by atoms with Crippen LogP contribution in [-0.2, 0) is 4.74 Å². The highest BCUT2D eigenvalue weighted by atomic mass is 19.3. The van der Waals surface area contributed by atoms with Gasteiger partial charge >= 0.3 is 6.61 Å². The summed E-state index contributed by atoms with van der Waals surface area (Å²) in [7, 11) is 1.41. The first kappa shape index (κ1) is 21.6. The molecule has 1 aliphatic carbocycles. The van der Waals surface area contributed by atoms with Crippen molar-refractivity contribution in [2.45, 2.75) is 57.0 Å². The van der Waals surface area contributed by atoms with Gasteiger partial charge in [0.1, 0.15) is 0 Å². The molecule has 4 atom stereocenters. The number of methoxy groups -OCH3 is 1. The topological polar surface area (TPSA) is 56.8 Å². The largest absolute Gasteiger partial charge is 0.493 e. The van der Waals surface area contributed by atoms with E-state index in [9.17, 15) is 13.6 Å². The molecule has 166 valence electrons. The van der Waals surface area contributed by atoms with E-state index in [2.05, 4.69) is 10.1 Å². The number of ether oxygens (including phenoxy) is 3. The molecule has 2 aromatic rings. The summed E-state index contributed by atoms with van der Waals surface area (Å²) < 4.78 is 41.9. The molecule has 0 aromatic heterocycles. The van der Waals surface area contributed by atoms with Crippen LogP contribution < -0.4 is 14.8 Å². The number of benzene rings is 2. The number of halogens is 2. The van der Waals surface area contributed by atoms with Crippen LogP contribution in [0.25, 0.3) is 0 Å². The van der Waals surface area contributed by atoms with Gasteiger partial charge in [0.15, 0.2) is 11.5 Å². The normalized spacial score (nSPS) is 25.5. The standard InChI is InChI=1S/C24H27F2NO4/c1-29-20-12-11-16(13-22(20)31-24(25)26)21-14-18(17-9-5-6-10-19(17)30-21)27-23(28)15-7-3-2-4-8-15/h2-4,7-8,11-13,17-19,21,24H,5-6,9-10,14H2,1H3,(H,27,28)/t17-,18+,19+,21+/m0/s1. The molecule has 1 aliphatic heterocycles. The molecule has 2 aliphatic rings. The van der Waals surface area contributed by atoms with Crippen molar-refractivity contribution in [3.05, 3.63) is 59.7 Å². The third-order valence-corrected chi connectivity index (χ3v) is 6.21. The maximum Gasteiger partial charge on any atom is 0.387 e. The van der Waals surface area contributed by atoms with Crippen LogP contribution in [0.5, 0.6) is 11.5 Å². The zero-order valence-corrected chi connectivity index (χ0v) is 17.4. The Morgan fingerprint density at radius 3 is 2.61 bits per heavy atom. The van der Waals surface area contributed by atoms with Gasteiger partial charge in [-0.25, -0.2) is 0 Å². The molecule has 0 bridgehead atoms. The summed E-state index contributed by atoms with van der Waals surface area (Å²) in [6, 6.07) is 14.1. The maximum atomic E-state index is 12.8. The molecule has 2 fully saturated rings. The molecule has 1 amide bonds. The van der Waals surface area contributed by atoms with Gasteiger partial charge in [-0.3, -0.25) is 4.79 Å². The Bertz CT molecular complexity index is 892. The van der Waals surface area contributed by atoms with Crippen molar-refractivity contribution in [3.63, 3.8) is 0 Å². The van der Waals surface area contributed by atoms with E-state index in [1.807, 2.05) is 18.2 Å². The van der Waals surface area contributed by atoms with Gasteiger partial charge in [0.25, 0.3) is 5.91 Å². The van der Waals surface area contributed by atoms with E-state index in [1.165, 1.54) is 7.11 Å². The Hall–Kier alpha value is -2.67. The van der Waals surface area contributed by atoms with Crippen LogP contribution in [0.3, 0.4) is 0 Å². The SMILES string of the molecule is COc1ccc([C@H]2C[C@@H](NC(=O)c3ccccc3)[C@@H]3CCCC[C@H]3O2)cc1OC(F)F. The van der Waals surface area contributed by atoms with Crippen molar-refractivity contribution in [1.82, 2.24) is 5.32 Å². The first-order valence-electron chi connectivity index (χ1n) is 10.7. The second kappa shape index (κ2) is 9.64. The van der Waals surface area contributed by atoms with Crippen LogP contribution in [0, 0.1) is 5.92 Å². The monoisotopic (exact) mass is 431 g/mol. The van der Waals surface area contributed by atoms with Crippen molar-refractivity contribution < 1.29 is 27.8 Å². The molecule has 1 heterocycles. The van der Waals surface area contributed by atoms with Crippen LogP contribution in [-0.4, -0.2) is 31.8 Å². The van der Waals surface area contributed by atoms with E-state index in [0.717, 1.165) is 31.2 Å². The summed E-state index contributed by atoms with van der Waals surface area (Å²) >= 11 is 0. The van der Waals surface area contributed by atoms with Crippen LogP contribution in [0.4, 0.5) is 8.78 Å². The van der Waals surface area contributed by atoms with Crippen molar-refractivity contribution in [2.24, 2.45) is 5.92 Å². The second-order valence-electron chi connectivity index (χ2n) is 8.08. The fourth-order valence-corrected chi connectivity index (χ4v) is 4.73. The lowest BCUT2D eigenvalue weighted by Crippen LogP contribution is -2.51. The van der Waals surface area contributed by atoms with Crippen LogP contribution >= 0.6 is 0 Å². The molecule has 0 radical (unpaired) electrons. The average molecular weight is 431 g/mol. The third kappa shape index (κ3) is 4.98. The number of alkyl halides is 2. The average Bonchev–Trinajstić information content (AvgIpc) is 2.79. The first-order chi connectivity index (χ1) is 15.0. The Morgan fingerprint density at radius 2 is 1.87 bits per heavy atom. The van der Waals surface area contributed by atoms with Crippen molar-refractivity contribution in [2.75, 3.05) is 7.11 Å². The minimum atomic E-state index is -2.95. The number of carbonyl (C=O) groups excluding carboxylic acids is 1. The Labute approximate surface area is 180 Å². The number of nitrogens with one attached hydrogen (secondary N) is 1.